The van der Waals surface area contributed by atoms with Gasteiger partial charge in [0, 0.05) is 43.9 Å². The van der Waals surface area contributed by atoms with E-state index in [0.29, 0.717) is 11.1 Å². The zero-order valence-electron chi connectivity index (χ0n) is 14.6. The molecular formula is C20H25ClN2O2. The number of piperazine rings is 1. The first-order valence-corrected chi connectivity index (χ1v) is 9.07. The van der Waals surface area contributed by atoms with E-state index >= 15 is 0 Å². The minimum atomic E-state index is 0.243. The lowest BCUT2D eigenvalue weighted by molar-refractivity contribution is 0.0743. The van der Waals surface area contributed by atoms with Crippen LogP contribution >= 0.6 is 11.6 Å². The molecule has 1 fully saturated rings. The molecule has 134 valence electrons. The van der Waals surface area contributed by atoms with Crippen LogP contribution in [0.5, 0.6) is 11.5 Å². The zero-order chi connectivity index (χ0) is 17.6. The normalized spacial score (nSPS) is 19.1. The second kappa shape index (κ2) is 8.68. The number of aliphatic hydroxyl groups is 1. The van der Waals surface area contributed by atoms with Gasteiger partial charge in [0.1, 0.15) is 11.5 Å². The summed E-state index contributed by atoms with van der Waals surface area (Å²) in [7, 11) is 2.14. The Hall–Kier alpha value is -1.59. The van der Waals surface area contributed by atoms with Gasteiger partial charge in [0.05, 0.1) is 0 Å². The lowest BCUT2D eigenvalue weighted by Crippen LogP contribution is -2.51. The Morgan fingerprint density at radius 1 is 1.12 bits per heavy atom. The number of hydrogen-bond acceptors (Lipinski definition) is 4. The van der Waals surface area contributed by atoms with Gasteiger partial charge in [-0.2, -0.15) is 0 Å². The lowest BCUT2D eigenvalue weighted by Gasteiger charge is -2.39. The second-order valence-electron chi connectivity index (χ2n) is 6.59. The summed E-state index contributed by atoms with van der Waals surface area (Å²) < 4.78 is 5.92. The number of nitrogens with zero attached hydrogens (tertiary/aromatic N) is 2. The molecule has 1 saturated heterocycles. The summed E-state index contributed by atoms with van der Waals surface area (Å²) in [6.45, 7) is 4.20. The molecule has 4 nitrogen and oxygen atoms in total. The summed E-state index contributed by atoms with van der Waals surface area (Å²) in [4.78, 5) is 4.79. The predicted molar refractivity (Wildman–Crippen MR) is 101 cm³/mol. The van der Waals surface area contributed by atoms with Crippen LogP contribution in [0.1, 0.15) is 12.0 Å². The Kier molecular flexibility index (Phi) is 6.32. The van der Waals surface area contributed by atoms with E-state index in [0.717, 1.165) is 44.1 Å². The fraction of sp³-hybridized carbons (Fsp3) is 0.400. The molecular weight excluding hydrogens is 336 g/mol. The van der Waals surface area contributed by atoms with Crippen molar-refractivity contribution in [1.82, 2.24) is 9.80 Å². The van der Waals surface area contributed by atoms with Crippen LogP contribution in [0.15, 0.2) is 48.5 Å². The molecule has 25 heavy (non-hydrogen) atoms. The van der Waals surface area contributed by atoms with Gasteiger partial charge in [-0.05, 0) is 55.4 Å². The van der Waals surface area contributed by atoms with Gasteiger partial charge in [0.2, 0.25) is 0 Å². The summed E-state index contributed by atoms with van der Waals surface area (Å²) in [5.41, 5.74) is 1.23. The summed E-state index contributed by atoms with van der Waals surface area (Å²) in [5, 5.41) is 9.94. The van der Waals surface area contributed by atoms with Crippen molar-refractivity contribution in [1.29, 1.82) is 0 Å². The highest BCUT2D eigenvalue weighted by Gasteiger charge is 2.23. The Morgan fingerprint density at radius 3 is 2.68 bits per heavy atom. The van der Waals surface area contributed by atoms with E-state index in [1.54, 1.807) is 0 Å². The van der Waals surface area contributed by atoms with E-state index < -0.39 is 0 Å². The molecule has 1 heterocycles. The molecule has 1 aliphatic rings. The largest absolute Gasteiger partial charge is 0.457 e. The Labute approximate surface area is 154 Å². The van der Waals surface area contributed by atoms with Gasteiger partial charge in [0.15, 0.2) is 0 Å². The zero-order valence-corrected chi connectivity index (χ0v) is 15.3. The molecule has 1 N–H and O–H groups in total. The molecule has 0 aromatic heterocycles. The van der Waals surface area contributed by atoms with Crippen molar-refractivity contribution in [3.8, 4) is 11.5 Å². The molecule has 0 bridgehead atoms. The first-order valence-electron chi connectivity index (χ1n) is 8.70. The van der Waals surface area contributed by atoms with Gasteiger partial charge in [-0.3, -0.25) is 4.90 Å². The van der Waals surface area contributed by atoms with Gasteiger partial charge in [-0.25, -0.2) is 0 Å². The second-order valence-corrected chi connectivity index (χ2v) is 7.02. The van der Waals surface area contributed by atoms with Crippen LogP contribution in [0.25, 0.3) is 0 Å². The molecule has 0 spiro atoms. The molecule has 5 heteroatoms. The van der Waals surface area contributed by atoms with Crippen LogP contribution in [0.3, 0.4) is 0 Å². The summed E-state index contributed by atoms with van der Waals surface area (Å²) >= 11 is 5.91. The van der Waals surface area contributed by atoms with E-state index in [4.69, 9.17) is 16.3 Å². The summed E-state index contributed by atoms with van der Waals surface area (Å²) in [6.07, 6.45) is 0.826. The smallest absolute Gasteiger partial charge is 0.127 e. The number of ether oxygens (including phenoxy) is 1. The van der Waals surface area contributed by atoms with Crippen molar-refractivity contribution in [3.63, 3.8) is 0 Å². The molecule has 2 aromatic rings. The molecule has 3 rings (SSSR count). The molecule has 0 aliphatic carbocycles. The highest BCUT2D eigenvalue weighted by Crippen LogP contribution is 2.24. The molecule has 1 atom stereocenters. The number of halogens is 1. The quantitative estimate of drug-likeness (QED) is 0.853. The first-order chi connectivity index (χ1) is 12.1. The van der Waals surface area contributed by atoms with Gasteiger partial charge < -0.3 is 14.7 Å². The maximum atomic E-state index is 9.24. The van der Waals surface area contributed by atoms with Crippen LogP contribution in [0, 0.1) is 0 Å². The maximum Gasteiger partial charge on any atom is 0.127 e. The fourth-order valence-electron chi connectivity index (χ4n) is 3.22. The van der Waals surface area contributed by atoms with Gasteiger partial charge in [-0.1, -0.05) is 23.7 Å². The maximum absolute atomic E-state index is 9.24. The topological polar surface area (TPSA) is 35.9 Å². The minimum absolute atomic E-state index is 0.243. The summed E-state index contributed by atoms with van der Waals surface area (Å²) in [5.74, 6) is 1.62. The molecule has 0 amide bonds. The van der Waals surface area contributed by atoms with E-state index in [-0.39, 0.29) is 6.61 Å². The highest BCUT2D eigenvalue weighted by atomic mass is 35.5. The van der Waals surface area contributed by atoms with Crippen molar-refractivity contribution in [2.75, 3.05) is 33.3 Å². The van der Waals surface area contributed by atoms with Gasteiger partial charge >= 0.3 is 0 Å². The monoisotopic (exact) mass is 360 g/mol. The van der Waals surface area contributed by atoms with Crippen molar-refractivity contribution in [3.05, 3.63) is 59.1 Å². The standard InChI is InChI=1S/C20H25ClN2O2/c1-22-10-11-23(15-18(22)9-12-24)14-16-3-2-4-20(13-16)25-19-7-5-17(21)6-8-19/h2-8,13,18,24H,9-12,14-15H2,1H3. The Morgan fingerprint density at radius 2 is 1.92 bits per heavy atom. The molecule has 0 saturated carbocycles. The first kappa shape index (κ1) is 18.2. The summed E-state index contributed by atoms with van der Waals surface area (Å²) in [6, 6.07) is 16.0. The number of aliphatic hydroxyl groups excluding tert-OH is 1. The van der Waals surface area contributed by atoms with Crippen molar-refractivity contribution < 1.29 is 9.84 Å². The average Bonchev–Trinajstić information content (AvgIpc) is 2.60. The van der Waals surface area contributed by atoms with Crippen LogP contribution in [-0.2, 0) is 6.54 Å². The van der Waals surface area contributed by atoms with Gasteiger partial charge in [0.25, 0.3) is 0 Å². The molecule has 0 radical (unpaired) electrons. The third-order valence-electron chi connectivity index (χ3n) is 4.68. The van der Waals surface area contributed by atoms with E-state index in [1.165, 1.54) is 5.56 Å². The number of rotatable bonds is 6. The predicted octanol–water partition coefficient (Wildman–Crippen LogP) is 3.63. The fourth-order valence-corrected chi connectivity index (χ4v) is 3.34. The van der Waals surface area contributed by atoms with E-state index in [1.807, 2.05) is 36.4 Å². The number of likely N-dealkylation sites (N-methyl/N-ethyl adjacent to an activating group) is 1. The third kappa shape index (κ3) is 5.19. The van der Waals surface area contributed by atoms with Crippen LogP contribution in [-0.4, -0.2) is 54.2 Å². The molecule has 2 aromatic carbocycles. The Bertz CT molecular complexity index is 678. The van der Waals surface area contributed by atoms with E-state index in [9.17, 15) is 5.11 Å². The SMILES string of the molecule is CN1CCN(Cc2cccc(Oc3ccc(Cl)cc3)c2)CC1CCO. The highest BCUT2D eigenvalue weighted by molar-refractivity contribution is 6.30. The van der Waals surface area contributed by atoms with Crippen molar-refractivity contribution >= 4 is 11.6 Å². The molecule has 1 unspecified atom stereocenters. The van der Waals surface area contributed by atoms with E-state index in [2.05, 4.69) is 29.0 Å². The molecule has 1 aliphatic heterocycles. The van der Waals surface area contributed by atoms with Gasteiger partial charge in [-0.15, -0.1) is 0 Å². The van der Waals surface area contributed by atoms with Crippen molar-refractivity contribution in [2.45, 2.75) is 19.0 Å². The minimum Gasteiger partial charge on any atom is -0.457 e. The average molecular weight is 361 g/mol. The van der Waals surface area contributed by atoms with Crippen LogP contribution in [0.4, 0.5) is 0 Å². The lowest BCUT2D eigenvalue weighted by atomic mass is 10.1. The van der Waals surface area contributed by atoms with Crippen LogP contribution < -0.4 is 4.74 Å². The number of benzene rings is 2. The number of hydrogen-bond donors (Lipinski definition) is 1. The van der Waals surface area contributed by atoms with Crippen LogP contribution in [0.2, 0.25) is 5.02 Å². The third-order valence-corrected chi connectivity index (χ3v) is 4.93. The Balaban J connectivity index is 1.62. The van der Waals surface area contributed by atoms with Crippen molar-refractivity contribution in [2.24, 2.45) is 0 Å².